The van der Waals surface area contributed by atoms with Crippen molar-refractivity contribution in [3.05, 3.63) is 35.9 Å². The van der Waals surface area contributed by atoms with Gasteiger partial charge < -0.3 is 10.4 Å². The van der Waals surface area contributed by atoms with E-state index in [0.29, 0.717) is 25.8 Å². The number of carbonyl (C=O) groups excluding carboxylic acids is 2. The lowest BCUT2D eigenvalue weighted by atomic mass is 9.72. The first-order valence-corrected chi connectivity index (χ1v) is 7.46. The lowest BCUT2D eigenvalue weighted by molar-refractivity contribution is -0.177. The van der Waals surface area contributed by atoms with Crippen LogP contribution in [0, 0.1) is 5.92 Å². The molecule has 3 rings (SSSR count). The van der Waals surface area contributed by atoms with Gasteiger partial charge in [0.25, 0.3) is 0 Å². The van der Waals surface area contributed by atoms with Crippen molar-refractivity contribution < 1.29 is 14.7 Å². The number of ketones is 1. The number of nitrogens with zero attached hydrogens (tertiary/aromatic N) is 1. The van der Waals surface area contributed by atoms with Crippen molar-refractivity contribution in [1.82, 2.24) is 10.2 Å². The number of fused-ring (bicyclic) bond motifs is 1. The van der Waals surface area contributed by atoms with E-state index in [2.05, 4.69) is 5.32 Å². The number of benzene rings is 1. The zero-order valence-corrected chi connectivity index (χ0v) is 12.1. The highest BCUT2D eigenvalue weighted by atomic mass is 16.3. The summed E-state index contributed by atoms with van der Waals surface area (Å²) >= 11 is 0. The topological polar surface area (TPSA) is 69.6 Å². The Bertz CT molecular complexity index is 558. The van der Waals surface area contributed by atoms with Crippen molar-refractivity contribution in [3.63, 3.8) is 0 Å². The number of carbonyl (C=O) groups is 2. The van der Waals surface area contributed by atoms with E-state index in [1.165, 1.54) is 4.90 Å². The third-order valence-electron chi connectivity index (χ3n) is 4.61. The zero-order chi connectivity index (χ0) is 15.0. The van der Waals surface area contributed by atoms with Crippen molar-refractivity contribution in [1.29, 1.82) is 0 Å². The molecule has 1 aromatic rings. The average molecular weight is 288 g/mol. The Morgan fingerprint density at radius 1 is 1.33 bits per heavy atom. The van der Waals surface area contributed by atoms with E-state index in [-0.39, 0.29) is 11.8 Å². The van der Waals surface area contributed by atoms with Crippen LogP contribution < -0.4 is 5.32 Å². The molecule has 3 atom stereocenters. The monoisotopic (exact) mass is 288 g/mol. The highest BCUT2D eigenvalue weighted by Gasteiger charge is 2.56. The second kappa shape index (κ2) is 5.15. The molecule has 21 heavy (non-hydrogen) atoms. The molecule has 0 aromatic heterocycles. The molecule has 2 fully saturated rings. The van der Waals surface area contributed by atoms with Gasteiger partial charge in [-0.05, 0) is 25.3 Å². The van der Waals surface area contributed by atoms with E-state index in [0.717, 1.165) is 5.56 Å². The molecule has 2 amide bonds. The zero-order valence-electron chi connectivity index (χ0n) is 12.1. The Morgan fingerprint density at radius 3 is 2.71 bits per heavy atom. The van der Waals surface area contributed by atoms with E-state index in [9.17, 15) is 14.7 Å². The third-order valence-corrected chi connectivity index (χ3v) is 4.61. The van der Waals surface area contributed by atoms with Crippen LogP contribution in [0.3, 0.4) is 0 Å². The Morgan fingerprint density at radius 2 is 2.05 bits per heavy atom. The lowest BCUT2D eigenvalue weighted by Crippen LogP contribution is -2.69. The summed E-state index contributed by atoms with van der Waals surface area (Å²) in [6.07, 6.45) is 1.54. The predicted molar refractivity (Wildman–Crippen MR) is 77.4 cm³/mol. The van der Waals surface area contributed by atoms with Crippen LogP contribution >= 0.6 is 0 Å². The van der Waals surface area contributed by atoms with Crippen LogP contribution in [0.5, 0.6) is 0 Å². The van der Waals surface area contributed by atoms with E-state index in [1.807, 2.05) is 37.3 Å². The summed E-state index contributed by atoms with van der Waals surface area (Å²) in [5.41, 5.74) is -0.507. The van der Waals surface area contributed by atoms with Crippen molar-refractivity contribution in [2.24, 2.45) is 5.92 Å². The Labute approximate surface area is 123 Å². The summed E-state index contributed by atoms with van der Waals surface area (Å²) in [5, 5.41) is 14.0. The molecule has 5 heteroatoms. The maximum Gasteiger partial charge on any atom is 0.320 e. The van der Waals surface area contributed by atoms with Crippen LogP contribution in [0.25, 0.3) is 0 Å². The molecule has 1 saturated heterocycles. The molecule has 0 bridgehead atoms. The van der Waals surface area contributed by atoms with Crippen LogP contribution in [-0.4, -0.2) is 34.1 Å². The van der Waals surface area contributed by atoms with Crippen LogP contribution in [0.4, 0.5) is 4.79 Å². The largest absolute Gasteiger partial charge is 0.370 e. The molecule has 1 saturated carbocycles. The molecule has 1 heterocycles. The molecule has 0 spiro atoms. The summed E-state index contributed by atoms with van der Waals surface area (Å²) in [6.45, 7) is 2.20. The molecular formula is C16H20N2O3. The predicted octanol–water partition coefficient (Wildman–Crippen LogP) is 1.83. The Kier molecular flexibility index (Phi) is 3.45. The minimum absolute atomic E-state index is 0.0241. The molecule has 112 valence electrons. The minimum atomic E-state index is -1.37. The van der Waals surface area contributed by atoms with Crippen molar-refractivity contribution >= 4 is 11.8 Å². The molecule has 1 aliphatic carbocycles. The second-order valence-electron chi connectivity index (χ2n) is 5.76. The van der Waals surface area contributed by atoms with E-state index >= 15 is 0 Å². The first-order valence-electron chi connectivity index (χ1n) is 7.46. The number of hydrogen-bond acceptors (Lipinski definition) is 3. The summed E-state index contributed by atoms with van der Waals surface area (Å²) in [5.74, 6) is -0.581. The fourth-order valence-electron chi connectivity index (χ4n) is 3.67. The van der Waals surface area contributed by atoms with Gasteiger partial charge >= 0.3 is 6.03 Å². The smallest absolute Gasteiger partial charge is 0.320 e. The molecular weight excluding hydrogens is 268 g/mol. The first-order chi connectivity index (χ1) is 10.1. The summed E-state index contributed by atoms with van der Waals surface area (Å²) in [6, 6.07) is 8.64. The van der Waals surface area contributed by atoms with E-state index in [1.54, 1.807) is 0 Å². The van der Waals surface area contributed by atoms with Gasteiger partial charge in [-0.25, -0.2) is 4.79 Å². The van der Waals surface area contributed by atoms with Crippen molar-refractivity contribution in [3.8, 4) is 0 Å². The number of amides is 2. The Balaban J connectivity index is 2.06. The normalized spacial score (nSPS) is 32.6. The van der Waals surface area contributed by atoms with Gasteiger partial charge in [0, 0.05) is 13.0 Å². The highest BCUT2D eigenvalue weighted by molar-refractivity contribution is 5.88. The number of rotatable bonds is 2. The number of Topliss-reactive ketones (excluding diaryl/α,β-unsaturated/α-hetero) is 1. The molecule has 3 unspecified atom stereocenters. The highest BCUT2D eigenvalue weighted by Crippen LogP contribution is 2.44. The molecule has 2 aliphatic rings. The van der Waals surface area contributed by atoms with Crippen LogP contribution in [-0.2, 0) is 4.79 Å². The molecule has 1 aliphatic heterocycles. The number of nitrogens with one attached hydrogen (secondary N) is 1. The van der Waals surface area contributed by atoms with Gasteiger partial charge in [-0.15, -0.1) is 0 Å². The summed E-state index contributed by atoms with van der Waals surface area (Å²) in [7, 11) is 0. The van der Waals surface area contributed by atoms with Gasteiger partial charge in [-0.3, -0.25) is 9.69 Å². The maximum atomic E-state index is 12.4. The summed E-state index contributed by atoms with van der Waals surface area (Å²) in [4.78, 5) is 26.2. The SMILES string of the molecule is CCN1C(=O)NC(c2ccccc2)C2C(=O)CCCC21O. The number of hydrogen-bond donors (Lipinski definition) is 2. The molecule has 2 N–H and O–H groups in total. The standard InChI is InChI=1S/C16H20N2O3/c1-2-18-15(20)17-14(11-7-4-3-5-8-11)13-12(19)9-6-10-16(13,18)21/h3-5,7-8,13-14,21H,2,6,9-10H2,1H3,(H,17,20). The molecule has 0 radical (unpaired) electrons. The first kappa shape index (κ1) is 14.1. The average Bonchev–Trinajstić information content (AvgIpc) is 2.47. The van der Waals surface area contributed by atoms with Gasteiger partial charge in [0.15, 0.2) is 5.72 Å². The third kappa shape index (κ3) is 2.12. The molecule has 1 aromatic carbocycles. The van der Waals surface area contributed by atoms with Crippen LogP contribution in [0.1, 0.15) is 37.8 Å². The second-order valence-corrected chi connectivity index (χ2v) is 5.76. The van der Waals surface area contributed by atoms with Gasteiger partial charge in [0.05, 0.1) is 12.0 Å². The van der Waals surface area contributed by atoms with Crippen LogP contribution in [0.2, 0.25) is 0 Å². The molecule has 5 nitrogen and oxygen atoms in total. The fourth-order valence-corrected chi connectivity index (χ4v) is 3.67. The summed E-state index contributed by atoms with van der Waals surface area (Å²) < 4.78 is 0. The van der Waals surface area contributed by atoms with E-state index in [4.69, 9.17) is 0 Å². The quantitative estimate of drug-likeness (QED) is 0.872. The van der Waals surface area contributed by atoms with Gasteiger partial charge in [-0.1, -0.05) is 30.3 Å². The van der Waals surface area contributed by atoms with Gasteiger partial charge in [-0.2, -0.15) is 0 Å². The lowest BCUT2D eigenvalue weighted by Gasteiger charge is -2.52. The van der Waals surface area contributed by atoms with Crippen molar-refractivity contribution in [2.75, 3.05) is 6.54 Å². The maximum absolute atomic E-state index is 12.4. The van der Waals surface area contributed by atoms with Gasteiger partial charge in [0.2, 0.25) is 0 Å². The van der Waals surface area contributed by atoms with Crippen LogP contribution in [0.15, 0.2) is 30.3 Å². The fraction of sp³-hybridized carbons (Fsp3) is 0.500. The number of urea groups is 1. The Hall–Kier alpha value is -1.88. The van der Waals surface area contributed by atoms with E-state index < -0.39 is 17.7 Å². The number of aliphatic hydroxyl groups is 1. The van der Waals surface area contributed by atoms with Gasteiger partial charge in [0.1, 0.15) is 5.78 Å². The van der Waals surface area contributed by atoms with Crippen molar-refractivity contribution in [2.45, 2.75) is 38.0 Å². The minimum Gasteiger partial charge on any atom is -0.370 e.